The number of hydrogen-bond donors (Lipinski definition) is 4. The Morgan fingerprint density at radius 2 is 2.18 bits per heavy atom. The third-order valence-electron chi connectivity index (χ3n) is 2.81. The van der Waals surface area contributed by atoms with Crippen LogP contribution in [0.4, 0.5) is 0 Å². The number of aromatic nitrogens is 1. The molecule has 94 valence electrons. The Morgan fingerprint density at radius 3 is 2.65 bits per heavy atom. The van der Waals surface area contributed by atoms with Crippen molar-refractivity contribution in [3.05, 3.63) is 24.0 Å². The molecule has 1 fully saturated rings. The van der Waals surface area contributed by atoms with Crippen molar-refractivity contribution >= 4 is 5.91 Å². The molecular formula is C10H14N2O5. The molecule has 1 unspecified atom stereocenters. The second kappa shape index (κ2) is 4.46. The molecule has 2 heterocycles. The molecule has 4 atom stereocenters. The third-order valence-corrected chi connectivity index (χ3v) is 2.81. The maximum Gasteiger partial charge on any atom is 0.250 e. The Labute approximate surface area is 97.0 Å². The van der Waals surface area contributed by atoms with Gasteiger partial charge in [0.25, 0.3) is 0 Å². The van der Waals surface area contributed by atoms with Crippen LogP contribution >= 0.6 is 0 Å². The van der Waals surface area contributed by atoms with Crippen LogP contribution in [0.1, 0.15) is 16.6 Å². The highest BCUT2D eigenvalue weighted by atomic mass is 16.6. The fourth-order valence-electron chi connectivity index (χ4n) is 1.84. The van der Waals surface area contributed by atoms with Gasteiger partial charge >= 0.3 is 0 Å². The largest absolute Gasteiger partial charge is 0.394 e. The number of aliphatic hydroxyl groups is 3. The van der Waals surface area contributed by atoms with Gasteiger partial charge in [-0.1, -0.05) is 0 Å². The fourth-order valence-corrected chi connectivity index (χ4v) is 1.84. The molecule has 1 aromatic rings. The number of nitrogens with zero attached hydrogens (tertiary/aromatic N) is 1. The molecule has 1 aliphatic rings. The summed E-state index contributed by atoms with van der Waals surface area (Å²) in [7, 11) is 0. The highest BCUT2D eigenvalue weighted by molar-refractivity contribution is 5.92. The zero-order valence-corrected chi connectivity index (χ0v) is 8.93. The minimum absolute atomic E-state index is 0.280. The zero-order valence-electron chi connectivity index (χ0n) is 8.93. The van der Waals surface area contributed by atoms with Gasteiger partial charge in [0.15, 0.2) is 6.23 Å². The Morgan fingerprint density at radius 1 is 1.47 bits per heavy atom. The maximum absolute atomic E-state index is 10.9. The van der Waals surface area contributed by atoms with Gasteiger partial charge in [0.05, 0.1) is 12.2 Å². The lowest BCUT2D eigenvalue weighted by molar-refractivity contribution is -0.0526. The Balaban J connectivity index is 2.19. The van der Waals surface area contributed by atoms with Crippen LogP contribution in [-0.2, 0) is 4.74 Å². The molecule has 0 aromatic carbocycles. The zero-order chi connectivity index (χ0) is 12.6. The van der Waals surface area contributed by atoms with Crippen molar-refractivity contribution in [1.82, 2.24) is 4.57 Å². The van der Waals surface area contributed by atoms with Crippen molar-refractivity contribution in [2.45, 2.75) is 24.5 Å². The maximum atomic E-state index is 10.9. The second-order valence-corrected chi connectivity index (χ2v) is 3.94. The van der Waals surface area contributed by atoms with Crippen molar-refractivity contribution < 1.29 is 24.9 Å². The molecule has 5 N–H and O–H groups in total. The third kappa shape index (κ3) is 2.05. The van der Waals surface area contributed by atoms with Gasteiger partial charge in [0.2, 0.25) is 5.91 Å². The summed E-state index contributed by atoms with van der Waals surface area (Å²) in [6.07, 6.45) is -1.07. The summed E-state index contributed by atoms with van der Waals surface area (Å²) < 4.78 is 6.71. The van der Waals surface area contributed by atoms with E-state index in [1.54, 1.807) is 0 Å². The number of rotatable bonds is 3. The smallest absolute Gasteiger partial charge is 0.250 e. The lowest BCUT2D eigenvalue weighted by Crippen LogP contribution is -2.33. The van der Waals surface area contributed by atoms with Crippen molar-refractivity contribution in [2.24, 2.45) is 5.73 Å². The van der Waals surface area contributed by atoms with Crippen LogP contribution in [0.15, 0.2) is 18.5 Å². The van der Waals surface area contributed by atoms with Crippen molar-refractivity contribution in [3.8, 4) is 0 Å². The number of carbonyl (C=O) groups excluding carboxylic acids is 1. The van der Waals surface area contributed by atoms with Crippen molar-refractivity contribution in [2.75, 3.05) is 6.61 Å². The van der Waals surface area contributed by atoms with Crippen molar-refractivity contribution in [1.29, 1.82) is 0 Å². The van der Waals surface area contributed by atoms with Crippen LogP contribution in [0, 0.1) is 0 Å². The SMILES string of the molecule is NC(=O)c1ccn(C2O[C@H](CO)[C@@H](O)[C@H]2O)c1. The quantitative estimate of drug-likeness (QED) is 0.498. The van der Waals surface area contributed by atoms with E-state index < -0.39 is 37.1 Å². The summed E-state index contributed by atoms with van der Waals surface area (Å²) in [4.78, 5) is 10.9. The van der Waals surface area contributed by atoms with Gasteiger partial charge in [0.1, 0.15) is 18.3 Å². The molecule has 17 heavy (non-hydrogen) atoms. The molecule has 7 nitrogen and oxygen atoms in total. The van der Waals surface area contributed by atoms with Gasteiger partial charge in [-0.05, 0) is 6.07 Å². The molecule has 0 aliphatic carbocycles. The van der Waals surface area contributed by atoms with Gasteiger partial charge in [-0.15, -0.1) is 0 Å². The number of primary amides is 1. The first-order chi connectivity index (χ1) is 8.04. The van der Waals surface area contributed by atoms with E-state index in [0.717, 1.165) is 0 Å². The van der Waals surface area contributed by atoms with E-state index in [0.29, 0.717) is 0 Å². The number of ether oxygens (including phenoxy) is 1. The molecule has 0 bridgehead atoms. The average molecular weight is 242 g/mol. The predicted molar refractivity (Wildman–Crippen MR) is 56.0 cm³/mol. The summed E-state index contributed by atoms with van der Waals surface area (Å²) in [5, 5.41) is 28.2. The Bertz CT molecular complexity index is 419. The van der Waals surface area contributed by atoms with Crippen molar-refractivity contribution in [3.63, 3.8) is 0 Å². The van der Waals surface area contributed by atoms with Crippen LogP contribution in [0.5, 0.6) is 0 Å². The Hall–Kier alpha value is -1.41. The number of nitrogens with two attached hydrogens (primary N) is 1. The molecule has 2 rings (SSSR count). The van der Waals surface area contributed by atoms with Crippen LogP contribution in [0.2, 0.25) is 0 Å². The summed E-state index contributed by atoms with van der Waals surface area (Å²) in [6, 6.07) is 1.48. The first-order valence-corrected chi connectivity index (χ1v) is 5.14. The van der Waals surface area contributed by atoms with E-state index in [4.69, 9.17) is 15.6 Å². The molecule has 0 radical (unpaired) electrons. The fraction of sp³-hybridized carbons (Fsp3) is 0.500. The first kappa shape index (κ1) is 12.1. The second-order valence-electron chi connectivity index (χ2n) is 3.94. The standard InChI is InChI=1S/C10H14N2O5/c11-9(16)5-1-2-12(3-5)10-8(15)7(14)6(4-13)17-10/h1-3,6-8,10,13-15H,4H2,(H2,11,16)/t6-,7-,8-,10?/m1/s1. The van der Waals surface area contributed by atoms with E-state index in [2.05, 4.69) is 0 Å². The monoisotopic (exact) mass is 242 g/mol. The lowest BCUT2D eigenvalue weighted by Gasteiger charge is -2.16. The molecular weight excluding hydrogens is 228 g/mol. The lowest BCUT2D eigenvalue weighted by atomic mass is 10.1. The highest BCUT2D eigenvalue weighted by Gasteiger charge is 2.43. The van der Waals surface area contributed by atoms with E-state index >= 15 is 0 Å². The summed E-state index contributed by atoms with van der Waals surface area (Å²) in [6.45, 7) is -0.390. The molecule has 1 amide bonds. The van der Waals surface area contributed by atoms with Gasteiger partial charge in [-0.3, -0.25) is 4.79 Å². The van der Waals surface area contributed by atoms with E-state index in [9.17, 15) is 15.0 Å². The number of aliphatic hydroxyl groups excluding tert-OH is 3. The average Bonchev–Trinajstić information content (AvgIpc) is 2.87. The van der Waals surface area contributed by atoms with E-state index in [-0.39, 0.29) is 5.56 Å². The van der Waals surface area contributed by atoms with Crippen LogP contribution < -0.4 is 5.73 Å². The van der Waals surface area contributed by atoms with E-state index in [1.165, 1.54) is 23.0 Å². The molecule has 1 saturated heterocycles. The van der Waals surface area contributed by atoms with Gasteiger partial charge in [-0.2, -0.15) is 0 Å². The first-order valence-electron chi connectivity index (χ1n) is 5.14. The van der Waals surface area contributed by atoms with Crippen LogP contribution in [-0.4, -0.2) is 50.7 Å². The van der Waals surface area contributed by atoms with Gasteiger partial charge in [0, 0.05) is 12.4 Å². The molecule has 0 spiro atoms. The minimum Gasteiger partial charge on any atom is -0.394 e. The molecule has 7 heteroatoms. The van der Waals surface area contributed by atoms with Gasteiger partial charge < -0.3 is 30.4 Å². The van der Waals surface area contributed by atoms with Crippen LogP contribution in [0.25, 0.3) is 0 Å². The number of hydrogen-bond acceptors (Lipinski definition) is 5. The molecule has 1 aromatic heterocycles. The van der Waals surface area contributed by atoms with E-state index in [1.807, 2.05) is 0 Å². The number of amides is 1. The minimum atomic E-state index is -1.17. The number of carbonyl (C=O) groups is 1. The van der Waals surface area contributed by atoms with Gasteiger partial charge in [-0.25, -0.2) is 0 Å². The highest BCUT2D eigenvalue weighted by Crippen LogP contribution is 2.29. The topological polar surface area (TPSA) is 118 Å². The summed E-state index contributed by atoms with van der Waals surface area (Å²) in [5.41, 5.74) is 5.38. The normalized spacial score (nSPS) is 32.9. The molecule has 0 saturated carbocycles. The molecule has 1 aliphatic heterocycles. The Kier molecular flexibility index (Phi) is 3.16. The summed E-state index contributed by atoms with van der Waals surface area (Å²) in [5.74, 6) is -0.588. The van der Waals surface area contributed by atoms with Crippen LogP contribution in [0.3, 0.4) is 0 Å². The summed E-state index contributed by atoms with van der Waals surface area (Å²) >= 11 is 0. The predicted octanol–water partition coefficient (Wildman–Crippen LogP) is -1.80.